The Bertz CT molecular complexity index is 503. The van der Waals surface area contributed by atoms with Crippen LogP contribution in [0.3, 0.4) is 0 Å². The molecule has 108 valence electrons. The van der Waals surface area contributed by atoms with Gasteiger partial charge in [0.2, 0.25) is 0 Å². The summed E-state index contributed by atoms with van der Waals surface area (Å²) in [4.78, 5) is 23.1. The van der Waals surface area contributed by atoms with Crippen molar-refractivity contribution in [3.8, 4) is 0 Å². The molecule has 1 aliphatic rings. The molecule has 0 radical (unpaired) electrons. The van der Waals surface area contributed by atoms with Crippen LogP contribution in [0.5, 0.6) is 0 Å². The Labute approximate surface area is 121 Å². The van der Waals surface area contributed by atoms with E-state index in [0.29, 0.717) is 18.0 Å². The topological polar surface area (TPSA) is 75.6 Å². The summed E-state index contributed by atoms with van der Waals surface area (Å²) in [5, 5.41) is 13.1. The van der Waals surface area contributed by atoms with Crippen LogP contribution in [0, 0.1) is 5.92 Å². The third kappa shape index (κ3) is 4.47. The highest BCUT2D eigenvalue weighted by atomic mass is 32.1. The highest BCUT2D eigenvalue weighted by molar-refractivity contribution is 7.11. The Hall–Kier alpha value is -1.66. The van der Waals surface area contributed by atoms with Gasteiger partial charge in [-0.1, -0.05) is 0 Å². The van der Waals surface area contributed by atoms with Crippen molar-refractivity contribution >= 4 is 29.3 Å². The summed E-state index contributed by atoms with van der Waals surface area (Å²) < 4.78 is 5.28. The average molecular weight is 295 g/mol. The molecule has 0 saturated carbocycles. The molecule has 20 heavy (non-hydrogen) atoms. The second-order valence-corrected chi connectivity index (χ2v) is 5.63. The number of carbonyl (C=O) groups excluding carboxylic acids is 1. The zero-order chi connectivity index (χ0) is 14.4. The normalized spacial score (nSPS) is 18.5. The molecular formula is C14H17NO4S. The van der Waals surface area contributed by atoms with Gasteiger partial charge >= 0.3 is 5.97 Å². The molecule has 0 aliphatic carbocycles. The molecule has 6 heteroatoms. The molecular weight excluding hydrogens is 278 g/mol. The fourth-order valence-electron chi connectivity index (χ4n) is 2.02. The minimum atomic E-state index is -0.997. The largest absolute Gasteiger partial charge is 0.478 e. The predicted octanol–water partition coefficient (Wildman–Crippen LogP) is 2.00. The number of rotatable bonds is 6. The summed E-state index contributed by atoms with van der Waals surface area (Å²) in [5.74, 6) is -0.565. The van der Waals surface area contributed by atoms with Crippen molar-refractivity contribution in [2.75, 3.05) is 19.8 Å². The quantitative estimate of drug-likeness (QED) is 0.787. The summed E-state index contributed by atoms with van der Waals surface area (Å²) >= 11 is 1.35. The number of carboxylic acids is 1. The molecule has 0 aromatic carbocycles. The van der Waals surface area contributed by atoms with E-state index in [1.807, 2.05) is 0 Å². The van der Waals surface area contributed by atoms with Gasteiger partial charge in [0, 0.05) is 36.1 Å². The van der Waals surface area contributed by atoms with E-state index >= 15 is 0 Å². The van der Waals surface area contributed by atoms with E-state index in [2.05, 4.69) is 5.32 Å². The van der Waals surface area contributed by atoms with E-state index in [-0.39, 0.29) is 5.91 Å². The maximum atomic E-state index is 11.9. The summed E-state index contributed by atoms with van der Waals surface area (Å²) in [7, 11) is 0. The highest BCUT2D eigenvalue weighted by Crippen LogP contribution is 2.17. The van der Waals surface area contributed by atoms with Crippen LogP contribution in [0.1, 0.15) is 28.1 Å². The molecule has 0 spiro atoms. The number of aliphatic carboxylic acids is 1. The molecule has 1 atom stereocenters. The van der Waals surface area contributed by atoms with Crippen molar-refractivity contribution in [1.82, 2.24) is 5.32 Å². The minimum absolute atomic E-state index is 0.116. The lowest BCUT2D eigenvalue weighted by Crippen LogP contribution is -2.25. The van der Waals surface area contributed by atoms with Crippen LogP contribution in [0.25, 0.3) is 6.08 Å². The maximum absolute atomic E-state index is 11.9. The van der Waals surface area contributed by atoms with Crippen LogP contribution in [0.4, 0.5) is 0 Å². The molecule has 1 aliphatic heterocycles. The zero-order valence-corrected chi connectivity index (χ0v) is 11.8. The SMILES string of the molecule is O=C(O)/C=C/c1cc(C(=O)NCCC2CCOC2)cs1. The molecule has 1 saturated heterocycles. The van der Waals surface area contributed by atoms with Gasteiger partial charge < -0.3 is 15.2 Å². The van der Waals surface area contributed by atoms with Crippen molar-refractivity contribution in [1.29, 1.82) is 0 Å². The first-order valence-corrected chi connectivity index (χ1v) is 7.38. The number of carboxylic acid groups (broad SMARTS) is 1. The molecule has 1 aromatic heterocycles. The second-order valence-electron chi connectivity index (χ2n) is 4.68. The number of ether oxygens (including phenoxy) is 1. The fourth-order valence-corrected chi connectivity index (χ4v) is 2.80. The standard InChI is InChI=1S/C14H17NO4S/c16-13(17)2-1-12-7-11(9-20-12)14(18)15-5-3-10-4-6-19-8-10/h1-2,7,9-10H,3-6,8H2,(H,15,18)(H,16,17)/b2-1+. The van der Waals surface area contributed by atoms with Crippen molar-refractivity contribution in [2.45, 2.75) is 12.8 Å². The van der Waals surface area contributed by atoms with Crippen LogP contribution < -0.4 is 5.32 Å². The first-order valence-electron chi connectivity index (χ1n) is 6.50. The average Bonchev–Trinajstić information content (AvgIpc) is 3.07. The Morgan fingerprint density at radius 1 is 1.55 bits per heavy atom. The lowest BCUT2D eigenvalue weighted by Gasteiger charge is -2.07. The predicted molar refractivity (Wildman–Crippen MR) is 76.9 cm³/mol. The fraction of sp³-hybridized carbons (Fsp3) is 0.429. The van der Waals surface area contributed by atoms with E-state index in [1.165, 1.54) is 17.4 Å². The number of hydrogen-bond acceptors (Lipinski definition) is 4. The third-order valence-electron chi connectivity index (χ3n) is 3.13. The smallest absolute Gasteiger partial charge is 0.328 e. The Kier molecular flexibility index (Phi) is 5.31. The van der Waals surface area contributed by atoms with E-state index in [1.54, 1.807) is 11.4 Å². The Morgan fingerprint density at radius 3 is 3.10 bits per heavy atom. The Balaban J connectivity index is 1.78. The lowest BCUT2D eigenvalue weighted by atomic mass is 10.1. The zero-order valence-electron chi connectivity index (χ0n) is 11.0. The van der Waals surface area contributed by atoms with E-state index in [0.717, 1.165) is 37.0 Å². The molecule has 1 aromatic rings. The summed E-state index contributed by atoms with van der Waals surface area (Å²) in [6.45, 7) is 2.25. The van der Waals surface area contributed by atoms with Gasteiger partial charge in [-0.2, -0.15) is 0 Å². The van der Waals surface area contributed by atoms with Crippen molar-refractivity contribution in [2.24, 2.45) is 5.92 Å². The number of hydrogen-bond donors (Lipinski definition) is 2. The molecule has 1 amide bonds. The van der Waals surface area contributed by atoms with Crippen LogP contribution in [0.15, 0.2) is 17.5 Å². The van der Waals surface area contributed by atoms with Gasteiger partial charge in [-0.15, -0.1) is 11.3 Å². The number of carbonyl (C=O) groups is 2. The van der Waals surface area contributed by atoms with Crippen molar-refractivity contribution in [3.63, 3.8) is 0 Å². The van der Waals surface area contributed by atoms with Gasteiger partial charge in [0.25, 0.3) is 5.91 Å². The first kappa shape index (κ1) is 14.7. The molecule has 0 bridgehead atoms. The van der Waals surface area contributed by atoms with Gasteiger partial charge in [0.15, 0.2) is 0 Å². The lowest BCUT2D eigenvalue weighted by molar-refractivity contribution is -0.131. The van der Waals surface area contributed by atoms with Crippen molar-refractivity contribution < 1.29 is 19.4 Å². The van der Waals surface area contributed by atoms with Gasteiger partial charge in [-0.25, -0.2) is 4.79 Å². The van der Waals surface area contributed by atoms with Gasteiger partial charge in [0.1, 0.15) is 0 Å². The second kappa shape index (κ2) is 7.21. The van der Waals surface area contributed by atoms with E-state index in [9.17, 15) is 9.59 Å². The summed E-state index contributed by atoms with van der Waals surface area (Å²) in [5.41, 5.74) is 0.572. The molecule has 5 nitrogen and oxygen atoms in total. The van der Waals surface area contributed by atoms with Crippen LogP contribution >= 0.6 is 11.3 Å². The van der Waals surface area contributed by atoms with Gasteiger partial charge in [0.05, 0.1) is 5.56 Å². The first-order chi connectivity index (χ1) is 9.65. The van der Waals surface area contributed by atoms with Crippen LogP contribution in [-0.4, -0.2) is 36.7 Å². The van der Waals surface area contributed by atoms with Gasteiger partial charge in [-0.3, -0.25) is 4.79 Å². The number of thiophene rings is 1. The molecule has 1 fully saturated rings. The monoisotopic (exact) mass is 295 g/mol. The minimum Gasteiger partial charge on any atom is -0.478 e. The Morgan fingerprint density at radius 2 is 2.40 bits per heavy atom. The van der Waals surface area contributed by atoms with E-state index in [4.69, 9.17) is 9.84 Å². The third-order valence-corrected chi connectivity index (χ3v) is 4.03. The van der Waals surface area contributed by atoms with Crippen molar-refractivity contribution in [3.05, 3.63) is 28.0 Å². The molecule has 2 N–H and O–H groups in total. The molecule has 1 unspecified atom stereocenters. The van der Waals surface area contributed by atoms with Gasteiger partial charge in [-0.05, 0) is 30.9 Å². The number of nitrogens with one attached hydrogen (secondary N) is 1. The molecule has 2 rings (SSSR count). The van der Waals surface area contributed by atoms with Crippen LogP contribution in [0.2, 0.25) is 0 Å². The number of amides is 1. The summed E-state index contributed by atoms with van der Waals surface area (Å²) in [6.07, 6.45) is 4.55. The van der Waals surface area contributed by atoms with E-state index < -0.39 is 5.97 Å². The maximum Gasteiger partial charge on any atom is 0.328 e. The summed E-state index contributed by atoms with van der Waals surface area (Å²) in [6, 6.07) is 1.69. The highest BCUT2D eigenvalue weighted by Gasteiger charge is 2.15. The molecule has 2 heterocycles. The van der Waals surface area contributed by atoms with Crippen LogP contribution in [-0.2, 0) is 9.53 Å².